The molecule has 1 aromatic heterocycles. The Bertz CT molecular complexity index is 1160. The largest absolute Gasteiger partial charge is 0.421 e. The van der Waals surface area contributed by atoms with Gasteiger partial charge in [-0.25, -0.2) is 17.4 Å². The summed E-state index contributed by atoms with van der Waals surface area (Å²) in [6.07, 6.45) is -3.51. The monoisotopic (exact) mass is 458 g/mol. The molecule has 0 spiro atoms. The molecule has 1 amide bonds. The van der Waals surface area contributed by atoms with E-state index in [2.05, 4.69) is 10.4 Å². The van der Waals surface area contributed by atoms with Crippen LogP contribution in [0.25, 0.3) is 0 Å². The Balaban J connectivity index is 1.80. The first-order valence-electron chi connectivity index (χ1n) is 9.37. The number of hydrogen-bond donors (Lipinski definition) is 1. The minimum absolute atomic E-state index is 0.00863. The third-order valence-corrected chi connectivity index (χ3v) is 6.71. The molecule has 1 fully saturated rings. The lowest BCUT2D eigenvalue weighted by Gasteiger charge is -2.16. The summed E-state index contributed by atoms with van der Waals surface area (Å²) in [5.74, 6) is -0.924. The van der Waals surface area contributed by atoms with Crippen LogP contribution in [0.1, 0.15) is 35.6 Å². The van der Waals surface area contributed by atoms with Crippen molar-refractivity contribution in [3.05, 3.63) is 57.5 Å². The van der Waals surface area contributed by atoms with Gasteiger partial charge in [-0.2, -0.15) is 18.3 Å². The summed E-state index contributed by atoms with van der Waals surface area (Å²) in [6, 6.07) is 6.77. The first kappa shape index (κ1) is 22.9. The van der Waals surface area contributed by atoms with E-state index in [0.717, 1.165) is 10.4 Å². The van der Waals surface area contributed by atoms with Crippen LogP contribution in [0.5, 0.6) is 0 Å². The zero-order chi connectivity index (χ0) is 23.0. The Morgan fingerprint density at radius 1 is 1.26 bits per heavy atom. The second-order valence-corrected chi connectivity index (χ2v) is 9.51. The molecule has 0 aliphatic heterocycles. The zero-order valence-electron chi connectivity index (χ0n) is 16.8. The summed E-state index contributed by atoms with van der Waals surface area (Å²) < 4.78 is 66.0. The van der Waals surface area contributed by atoms with Crippen LogP contribution in [0, 0.1) is 0 Å². The van der Waals surface area contributed by atoms with Gasteiger partial charge in [-0.1, -0.05) is 18.2 Å². The number of carbonyl (C=O) groups is 1. The lowest BCUT2D eigenvalue weighted by atomic mass is 10.2. The molecule has 2 aromatic rings. The van der Waals surface area contributed by atoms with E-state index in [1.807, 2.05) is 0 Å². The van der Waals surface area contributed by atoms with Crippen molar-refractivity contribution in [1.29, 1.82) is 0 Å². The summed E-state index contributed by atoms with van der Waals surface area (Å²) in [4.78, 5) is 24.5. The number of alkyl halides is 3. The van der Waals surface area contributed by atoms with Gasteiger partial charge in [0, 0.05) is 26.6 Å². The van der Waals surface area contributed by atoms with Crippen molar-refractivity contribution in [3.8, 4) is 0 Å². The molecule has 0 saturated heterocycles. The third kappa shape index (κ3) is 5.13. The molecule has 0 radical (unpaired) electrons. The van der Waals surface area contributed by atoms with Crippen molar-refractivity contribution in [3.63, 3.8) is 0 Å². The van der Waals surface area contributed by atoms with Gasteiger partial charge in [-0.15, -0.1) is 0 Å². The number of benzene rings is 1. The molecule has 1 saturated carbocycles. The first-order chi connectivity index (χ1) is 14.4. The maximum absolute atomic E-state index is 13.2. The maximum atomic E-state index is 13.2. The minimum Gasteiger partial charge on any atom is -0.350 e. The van der Waals surface area contributed by atoms with E-state index < -0.39 is 39.8 Å². The first-order valence-corrected chi connectivity index (χ1v) is 10.8. The van der Waals surface area contributed by atoms with Gasteiger partial charge in [-0.3, -0.25) is 9.59 Å². The number of hydrogen-bond acceptors (Lipinski definition) is 5. The number of nitrogens with zero attached hydrogens (tertiary/aromatic N) is 3. The Morgan fingerprint density at radius 3 is 2.48 bits per heavy atom. The number of halogens is 3. The number of carbonyl (C=O) groups excluding carboxylic acids is 1. The van der Waals surface area contributed by atoms with Gasteiger partial charge >= 0.3 is 6.18 Å². The average Bonchev–Trinajstić information content (AvgIpc) is 3.52. The fourth-order valence-electron chi connectivity index (χ4n) is 2.94. The highest BCUT2D eigenvalue weighted by Crippen LogP contribution is 2.40. The molecule has 31 heavy (non-hydrogen) atoms. The SMILES string of the molecule is CN(C)S(=O)(=O)c1ccccc1CNC(=O)Cn1nc(C2CC2)cc(C(F)(F)F)c1=O. The van der Waals surface area contributed by atoms with Crippen LogP contribution in [0.3, 0.4) is 0 Å². The molecule has 1 aliphatic carbocycles. The predicted molar refractivity (Wildman–Crippen MR) is 105 cm³/mol. The van der Waals surface area contributed by atoms with E-state index in [9.17, 15) is 31.2 Å². The number of amides is 1. The minimum atomic E-state index is -4.86. The Kier molecular flexibility index (Phi) is 6.23. The van der Waals surface area contributed by atoms with Crippen molar-refractivity contribution in [1.82, 2.24) is 19.4 Å². The summed E-state index contributed by atoms with van der Waals surface area (Å²) in [7, 11) is -1.02. The van der Waals surface area contributed by atoms with Crippen LogP contribution < -0.4 is 10.9 Å². The molecule has 1 aromatic carbocycles. The van der Waals surface area contributed by atoms with Gasteiger partial charge in [0.2, 0.25) is 15.9 Å². The predicted octanol–water partition coefficient (Wildman–Crippen LogP) is 1.71. The summed E-state index contributed by atoms with van der Waals surface area (Å²) >= 11 is 0. The fraction of sp³-hybridized carbons (Fsp3) is 0.421. The van der Waals surface area contributed by atoms with E-state index in [-0.39, 0.29) is 23.1 Å². The molecule has 1 aliphatic rings. The summed E-state index contributed by atoms with van der Waals surface area (Å²) in [6.45, 7) is -0.906. The van der Waals surface area contributed by atoms with E-state index in [1.165, 1.54) is 32.3 Å². The van der Waals surface area contributed by atoms with Crippen molar-refractivity contribution < 1.29 is 26.4 Å². The van der Waals surface area contributed by atoms with E-state index in [0.29, 0.717) is 23.1 Å². The highest BCUT2D eigenvalue weighted by Gasteiger charge is 2.37. The van der Waals surface area contributed by atoms with Crippen LogP contribution in [0.2, 0.25) is 0 Å². The number of sulfonamides is 1. The highest BCUT2D eigenvalue weighted by molar-refractivity contribution is 7.89. The van der Waals surface area contributed by atoms with Crippen molar-refractivity contribution in [2.45, 2.75) is 42.9 Å². The third-order valence-electron chi connectivity index (χ3n) is 4.79. The lowest BCUT2D eigenvalue weighted by molar-refractivity contribution is -0.139. The van der Waals surface area contributed by atoms with E-state index >= 15 is 0 Å². The van der Waals surface area contributed by atoms with Gasteiger partial charge in [-0.05, 0) is 30.5 Å². The quantitative estimate of drug-likeness (QED) is 0.681. The molecule has 168 valence electrons. The molecule has 1 N–H and O–H groups in total. The van der Waals surface area contributed by atoms with Gasteiger partial charge < -0.3 is 5.32 Å². The Hall–Kier alpha value is -2.73. The maximum Gasteiger partial charge on any atom is 0.421 e. The molecule has 0 atom stereocenters. The van der Waals surface area contributed by atoms with Crippen molar-refractivity contribution >= 4 is 15.9 Å². The molecule has 3 rings (SSSR count). The average molecular weight is 458 g/mol. The molecule has 0 unspecified atom stereocenters. The molecule has 1 heterocycles. The summed E-state index contributed by atoms with van der Waals surface area (Å²) in [5, 5.41) is 6.37. The molecule has 12 heteroatoms. The number of nitrogens with one attached hydrogen (secondary N) is 1. The van der Waals surface area contributed by atoms with Gasteiger partial charge in [0.05, 0.1) is 10.6 Å². The second-order valence-electron chi connectivity index (χ2n) is 7.39. The smallest absolute Gasteiger partial charge is 0.350 e. The summed E-state index contributed by atoms with van der Waals surface area (Å²) in [5.41, 5.74) is -2.34. The van der Waals surface area contributed by atoms with Gasteiger partial charge in [0.15, 0.2) is 0 Å². The van der Waals surface area contributed by atoms with E-state index in [4.69, 9.17) is 0 Å². The molecular formula is C19H21F3N4O4S. The van der Waals surface area contributed by atoms with Gasteiger partial charge in [0.25, 0.3) is 5.56 Å². The Labute approximate surface area is 176 Å². The van der Waals surface area contributed by atoms with Crippen LogP contribution in [-0.4, -0.2) is 42.5 Å². The normalized spacial score (nSPS) is 14.6. The molecule has 0 bridgehead atoms. The van der Waals surface area contributed by atoms with Crippen LogP contribution in [0.15, 0.2) is 40.0 Å². The topological polar surface area (TPSA) is 101 Å². The number of aromatic nitrogens is 2. The Morgan fingerprint density at radius 2 is 1.90 bits per heavy atom. The fourth-order valence-corrected chi connectivity index (χ4v) is 4.05. The second kappa shape index (κ2) is 8.42. The van der Waals surface area contributed by atoms with Crippen LogP contribution in [-0.2, 0) is 34.1 Å². The van der Waals surface area contributed by atoms with Crippen molar-refractivity contribution in [2.75, 3.05) is 14.1 Å². The van der Waals surface area contributed by atoms with Crippen molar-refractivity contribution in [2.24, 2.45) is 0 Å². The highest BCUT2D eigenvalue weighted by atomic mass is 32.2. The lowest BCUT2D eigenvalue weighted by Crippen LogP contribution is -2.37. The standard InChI is InChI=1S/C19H21F3N4O4S/c1-25(2)31(29,30)16-6-4-3-5-13(16)10-23-17(27)11-26-18(28)14(19(20,21)22)9-15(24-26)12-7-8-12/h3-6,9,12H,7-8,10-11H2,1-2H3,(H,23,27). The number of rotatable bonds is 7. The molecule has 8 nitrogen and oxygen atoms in total. The van der Waals surface area contributed by atoms with E-state index in [1.54, 1.807) is 6.07 Å². The van der Waals surface area contributed by atoms with Gasteiger partial charge in [0.1, 0.15) is 12.1 Å². The zero-order valence-corrected chi connectivity index (χ0v) is 17.6. The van der Waals surface area contributed by atoms with Crippen LogP contribution >= 0.6 is 0 Å². The molecular weight excluding hydrogens is 437 g/mol. The van der Waals surface area contributed by atoms with Crippen LogP contribution in [0.4, 0.5) is 13.2 Å².